The van der Waals surface area contributed by atoms with Crippen LogP contribution < -0.4 is 4.74 Å². The van der Waals surface area contributed by atoms with E-state index < -0.39 is 11.7 Å². The Morgan fingerprint density at radius 3 is 2.34 bits per heavy atom. The molecule has 32 heavy (non-hydrogen) atoms. The molecule has 1 aromatic heterocycles. The number of hydrogen-bond donors (Lipinski definition) is 0. The van der Waals surface area contributed by atoms with Crippen molar-refractivity contribution < 1.29 is 22.7 Å². The maximum Gasteiger partial charge on any atom is 0.418 e. The minimum absolute atomic E-state index is 0.0818. The van der Waals surface area contributed by atoms with E-state index in [1.807, 2.05) is 13.8 Å². The van der Waals surface area contributed by atoms with Crippen LogP contribution in [0, 0.1) is 0 Å². The van der Waals surface area contributed by atoms with Gasteiger partial charge in [-0.2, -0.15) is 13.2 Å². The summed E-state index contributed by atoms with van der Waals surface area (Å²) in [7, 11) is 0. The molecular weight excluding hydrogens is 415 g/mol. The van der Waals surface area contributed by atoms with Crippen LogP contribution in [-0.2, 0) is 6.18 Å². The molecule has 162 valence electrons. The number of ether oxygens (including phenoxy) is 1. The highest BCUT2D eigenvalue weighted by Gasteiger charge is 2.34. The third kappa shape index (κ3) is 4.21. The Morgan fingerprint density at radius 1 is 0.938 bits per heavy atom. The summed E-state index contributed by atoms with van der Waals surface area (Å²) in [5.41, 5.74) is 0.582. The monoisotopic (exact) mass is 435 g/mol. The fourth-order valence-corrected chi connectivity index (χ4v) is 3.68. The van der Waals surface area contributed by atoms with E-state index in [1.165, 1.54) is 12.3 Å². The van der Waals surface area contributed by atoms with E-state index in [4.69, 9.17) is 4.74 Å². The Morgan fingerprint density at radius 2 is 1.66 bits per heavy atom. The van der Waals surface area contributed by atoms with E-state index in [0.29, 0.717) is 22.4 Å². The number of hydrogen-bond acceptors (Lipinski definition) is 3. The zero-order valence-corrected chi connectivity index (χ0v) is 17.5. The van der Waals surface area contributed by atoms with Crippen LogP contribution in [0.3, 0.4) is 0 Å². The second-order valence-corrected chi connectivity index (χ2v) is 7.64. The number of fused-ring (bicyclic) bond motifs is 1. The van der Waals surface area contributed by atoms with Crippen molar-refractivity contribution in [1.82, 2.24) is 4.98 Å². The molecule has 4 aromatic rings. The van der Waals surface area contributed by atoms with Crippen LogP contribution in [0.1, 0.15) is 35.3 Å². The minimum Gasteiger partial charge on any atom is -0.491 e. The van der Waals surface area contributed by atoms with Gasteiger partial charge in [-0.15, -0.1) is 0 Å². The molecule has 0 saturated heterocycles. The standard InChI is InChI=1S/C26H20F3NO2/c1-16(2)32-19-11-6-10-18(14-19)23-20-12-7-13-22(26(27,28)29)24(20)30-15-21(23)25(31)17-8-4-3-5-9-17/h3-16H,1-2H3. The molecule has 3 aromatic carbocycles. The topological polar surface area (TPSA) is 39.2 Å². The van der Waals surface area contributed by atoms with Gasteiger partial charge >= 0.3 is 6.18 Å². The van der Waals surface area contributed by atoms with Gasteiger partial charge in [0, 0.05) is 28.3 Å². The van der Waals surface area contributed by atoms with Crippen LogP contribution in [0.4, 0.5) is 13.2 Å². The molecule has 4 rings (SSSR count). The molecule has 0 bridgehead atoms. The molecule has 0 fully saturated rings. The normalized spacial score (nSPS) is 11.7. The number of para-hydroxylation sites is 1. The van der Waals surface area contributed by atoms with Crippen molar-refractivity contribution in [2.75, 3.05) is 0 Å². The molecular formula is C26H20F3NO2. The first-order valence-electron chi connectivity index (χ1n) is 10.1. The van der Waals surface area contributed by atoms with Crippen LogP contribution >= 0.6 is 0 Å². The van der Waals surface area contributed by atoms with Crippen molar-refractivity contribution >= 4 is 16.7 Å². The Bertz CT molecular complexity index is 1280. The van der Waals surface area contributed by atoms with Gasteiger partial charge in [0.25, 0.3) is 0 Å². The summed E-state index contributed by atoms with van der Waals surface area (Å²) in [6.07, 6.45) is -3.42. The second-order valence-electron chi connectivity index (χ2n) is 7.64. The van der Waals surface area contributed by atoms with Crippen LogP contribution in [0.15, 0.2) is 79.0 Å². The number of halogens is 3. The Balaban J connectivity index is 2.02. The van der Waals surface area contributed by atoms with Crippen LogP contribution in [0.5, 0.6) is 5.75 Å². The summed E-state index contributed by atoms with van der Waals surface area (Å²) < 4.78 is 46.7. The van der Waals surface area contributed by atoms with Gasteiger partial charge in [-0.1, -0.05) is 54.6 Å². The van der Waals surface area contributed by atoms with Crippen molar-refractivity contribution in [1.29, 1.82) is 0 Å². The highest BCUT2D eigenvalue weighted by Crippen LogP contribution is 2.39. The Kier molecular flexibility index (Phi) is 5.70. The number of carbonyl (C=O) groups excluding carboxylic acids is 1. The molecule has 0 amide bonds. The van der Waals surface area contributed by atoms with Crippen molar-refractivity contribution in [3.8, 4) is 16.9 Å². The molecule has 3 nitrogen and oxygen atoms in total. The van der Waals surface area contributed by atoms with Crippen molar-refractivity contribution in [3.63, 3.8) is 0 Å². The van der Waals surface area contributed by atoms with E-state index in [9.17, 15) is 18.0 Å². The SMILES string of the molecule is CC(C)Oc1cccc(-c2c(C(=O)c3ccccc3)cnc3c(C(F)(F)F)cccc23)c1. The van der Waals surface area contributed by atoms with Crippen molar-refractivity contribution in [2.45, 2.75) is 26.1 Å². The summed E-state index contributed by atoms with van der Waals surface area (Å²) in [6, 6.07) is 19.5. The van der Waals surface area contributed by atoms with Gasteiger partial charge < -0.3 is 4.74 Å². The molecule has 0 atom stereocenters. The number of benzene rings is 3. The molecule has 1 heterocycles. The number of pyridine rings is 1. The smallest absolute Gasteiger partial charge is 0.418 e. The predicted octanol–water partition coefficient (Wildman–Crippen LogP) is 6.94. The predicted molar refractivity (Wildman–Crippen MR) is 118 cm³/mol. The number of ketones is 1. The molecule has 0 aliphatic heterocycles. The number of carbonyl (C=O) groups is 1. The molecule has 0 spiro atoms. The van der Waals surface area contributed by atoms with Gasteiger partial charge in [0.2, 0.25) is 0 Å². The summed E-state index contributed by atoms with van der Waals surface area (Å²) in [4.78, 5) is 17.4. The number of rotatable bonds is 5. The molecule has 0 aliphatic rings. The summed E-state index contributed by atoms with van der Waals surface area (Å²) in [5.74, 6) is 0.246. The fraction of sp³-hybridized carbons (Fsp3) is 0.154. The zero-order valence-electron chi connectivity index (χ0n) is 17.5. The lowest BCUT2D eigenvalue weighted by molar-refractivity contribution is -0.136. The first-order valence-corrected chi connectivity index (χ1v) is 10.1. The lowest BCUT2D eigenvalue weighted by Gasteiger charge is -2.17. The summed E-state index contributed by atoms with van der Waals surface area (Å²) in [5, 5.41) is 0.253. The highest BCUT2D eigenvalue weighted by atomic mass is 19.4. The third-order valence-electron chi connectivity index (χ3n) is 4.98. The molecule has 0 unspecified atom stereocenters. The van der Waals surface area contributed by atoms with E-state index in [2.05, 4.69) is 4.98 Å². The molecule has 0 aliphatic carbocycles. The number of aromatic nitrogens is 1. The quantitative estimate of drug-likeness (QED) is 0.319. The second kappa shape index (κ2) is 8.46. The molecule has 0 saturated carbocycles. The highest BCUT2D eigenvalue weighted by molar-refractivity contribution is 6.16. The third-order valence-corrected chi connectivity index (χ3v) is 4.98. The lowest BCUT2D eigenvalue weighted by atomic mass is 9.91. The molecule has 0 N–H and O–H groups in total. The van der Waals surface area contributed by atoms with E-state index in [-0.39, 0.29) is 28.4 Å². The maximum absolute atomic E-state index is 13.7. The van der Waals surface area contributed by atoms with Gasteiger partial charge in [-0.25, -0.2) is 0 Å². The Labute approximate surface area is 183 Å². The van der Waals surface area contributed by atoms with Gasteiger partial charge in [0.05, 0.1) is 17.2 Å². The van der Waals surface area contributed by atoms with Crippen LogP contribution in [-0.4, -0.2) is 16.9 Å². The van der Waals surface area contributed by atoms with Gasteiger partial charge in [0.15, 0.2) is 5.78 Å². The average molecular weight is 435 g/mol. The first kappa shape index (κ1) is 21.6. The molecule has 0 radical (unpaired) electrons. The van der Waals surface area contributed by atoms with Crippen LogP contribution in [0.25, 0.3) is 22.0 Å². The summed E-state index contributed by atoms with van der Waals surface area (Å²) >= 11 is 0. The molecule has 6 heteroatoms. The largest absolute Gasteiger partial charge is 0.491 e. The van der Waals surface area contributed by atoms with Gasteiger partial charge in [-0.3, -0.25) is 9.78 Å². The van der Waals surface area contributed by atoms with E-state index in [1.54, 1.807) is 60.7 Å². The van der Waals surface area contributed by atoms with Crippen molar-refractivity contribution in [3.05, 3.63) is 95.7 Å². The van der Waals surface area contributed by atoms with Gasteiger partial charge in [0.1, 0.15) is 5.75 Å². The number of alkyl halides is 3. The fourth-order valence-electron chi connectivity index (χ4n) is 3.68. The Hall–Kier alpha value is -3.67. The lowest BCUT2D eigenvalue weighted by Crippen LogP contribution is -2.10. The van der Waals surface area contributed by atoms with E-state index in [0.717, 1.165) is 6.07 Å². The summed E-state index contributed by atoms with van der Waals surface area (Å²) in [6.45, 7) is 3.77. The minimum atomic E-state index is -4.57. The van der Waals surface area contributed by atoms with E-state index >= 15 is 0 Å². The van der Waals surface area contributed by atoms with Crippen molar-refractivity contribution in [2.24, 2.45) is 0 Å². The maximum atomic E-state index is 13.7. The van der Waals surface area contributed by atoms with Crippen LogP contribution in [0.2, 0.25) is 0 Å². The number of nitrogens with zero attached hydrogens (tertiary/aromatic N) is 1. The first-order chi connectivity index (χ1) is 15.3. The van der Waals surface area contributed by atoms with Gasteiger partial charge in [-0.05, 0) is 37.6 Å². The zero-order chi connectivity index (χ0) is 22.9. The average Bonchev–Trinajstić information content (AvgIpc) is 2.77.